The Morgan fingerprint density at radius 1 is 1.15 bits per heavy atom. The average molecular weight is 362 g/mol. The number of rotatable bonds is 4. The summed E-state index contributed by atoms with van der Waals surface area (Å²) < 4.78 is 7.05. The molecule has 3 aromatic rings. The molecule has 0 saturated carbocycles. The van der Waals surface area contributed by atoms with Gasteiger partial charge in [-0.05, 0) is 42.0 Å². The summed E-state index contributed by atoms with van der Waals surface area (Å²) in [5.41, 5.74) is 8.97. The van der Waals surface area contributed by atoms with Crippen LogP contribution < -0.4 is 10.5 Å². The smallest absolute Gasteiger partial charge is 0.254 e. The molecule has 1 fully saturated rings. The molecule has 2 aromatic carbocycles. The number of likely N-dealkylation sites (tertiary alicyclic amines) is 1. The van der Waals surface area contributed by atoms with Crippen LogP contribution in [-0.4, -0.2) is 46.8 Å². The zero-order chi connectivity index (χ0) is 18.8. The van der Waals surface area contributed by atoms with Crippen molar-refractivity contribution in [2.45, 2.75) is 12.0 Å². The molecule has 0 spiro atoms. The fourth-order valence-corrected chi connectivity index (χ4v) is 3.61. The van der Waals surface area contributed by atoms with Crippen LogP contribution >= 0.6 is 0 Å². The van der Waals surface area contributed by atoms with Crippen LogP contribution in [0.25, 0.3) is 5.69 Å². The van der Waals surface area contributed by atoms with E-state index in [0.717, 1.165) is 17.0 Å². The zero-order valence-electron chi connectivity index (χ0n) is 15.2. The number of aromatic nitrogens is 2. The molecule has 1 amide bonds. The van der Waals surface area contributed by atoms with Gasteiger partial charge in [0.2, 0.25) is 0 Å². The molecule has 2 unspecified atom stereocenters. The molecule has 0 aliphatic carbocycles. The maximum Gasteiger partial charge on any atom is 0.254 e. The van der Waals surface area contributed by atoms with Crippen molar-refractivity contribution in [3.8, 4) is 11.4 Å². The predicted molar refractivity (Wildman–Crippen MR) is 103 cm³/mol. The van der Waals surface area contributed by atoms with Crippen molar-refractivity contribution in [1.82, 2.24) is 14.7 Å². The lowest BCUT2D eigenvalue weighted by Gasteiger charge is -2.17. The van der Waals surface area contributed by atoms with Gasteiger partial charge in [0, 0.05) is 43.0 Å². The quantitative estimate of drug-likeness (QED) is 0.774. The molecule has 2 N–H and O–H groups in total. The molecule has 2 heterocycles. The van der Waals surface area contributed by atoms with Crippen molar-refractivity contribution in [3.05, 3.63) is 78.1 Å². The molecule has 138 valence electrons. The molecule has 1 aliphatic rings. The number of carbonyl (C=O) groups is 1. The predicted octanol–water partition coefficient (Wildman–Crippen LogP) is 2.45. The first-order valence-corrected chi connectivity index (χ1v) is 8.94. The Labute approximate surface area is 158 Å². The first-order chi connectivity index (χ1) is 13.2. The molecule has 1 aliphatic heterocycles. The van der Waals surface area contributed by atoms with Gasteiger partial charge in [-0.25, -0.2) is 4.68 Å². The molecule has 6 nitrogen and oxygen atoms in total. The van der Waals surface area contributed by atoms with Crippen molar-refractivity contribution in [2.75, 3.05) is 20.2 Å². The molecule has 1 saturated heterocycles. The Balaban J connectivity index is 1.54. The van der Waals surface area contributed by atoms with E-state index in [1.807, 2.05) is 65.7 Å². The van der Waals surface area contributed by atoms with Gasteiger partial charge in [0.25, 0.3) is 5.91 Å². The van der Waals surface area contributed by atoms with E-state index in [0.29, 0.717) is 18.7 Å². The minimum absolute atomic E-state index is 0.00940. The lowest BCUT2D eigenvalue weighted by atomic mass is 9.95. The number of ether oxygens (including phenoxy) is 1. The van der Waals surface area contributed by atoms with Crippen molar-refractivity contribution in [2.24, 2.45) is 5.73 Å². The fourth-order valence-electron chi connectivity index (χ4n) is 3.61. The van der Waals surface area contributed by atoms with Crippen molar-refractivity contribution in [3.63, 3.8) is 0 Å². The topological polar surface area (TPSA) is 73.4 Å². The van der Waals surface area contributed by atoms with Crippen LogP contribution in [0.5, 0.6) is 5.75 Å². The summed E-state index contributed by atoms with van der Waals surface area (Å²) >= 11 is 0. The lowest BCUT2D eigenvalue weighted by Crippen LogP contribution is -2.32. The van der Waals surface area contributed by atoms with E-state index in [2.05, 4.69) is 5.10 Å². The standard InChI is InChI=1S/C21H22N4O2/c1-27-18-8-3-5-15(12-18)19-13-24(14-20(19)22)21(26)16-6-2-7-17(11-16)25-10-4-9-23-25/h2-12,19-20H,13-14,22H2,1H3. The van der Waals surface area contributed by atoms with Crippen LogP contribution in [-0.2, 0) is 0 Å². The second-order valence-corrected chi connectivity index (χ2v) is 6.76. The second-order valence-electron chi connectivity index (χ2n) is 6.76. The summed E-state index contributed by atoms with van der Waals surface area (Å²) in [5.74, 6) is 0.889. The third kappa shape index (κ3) is 3.44. The van der Waals surface area contributed by atoms with Gasteiger partial charge in [0.15, 0.2) is 0 Å². The Kier molecular flexibility index (Phi) is 4.64. The summed E-state index contributed by atoms with van der Waals surface area (Å²) in [6.45, 7) is 1.13. The van der Waals surface area contributed by atoms with Crippen LogP contribution in [0.4, 0.5) is 0 Å². The minimum Gasteiger partial charge on any atom is -0.497 e. The molecule has 1 aromatic heterocycles. The number of amides is 1. The molecule has 0 radical (unpaired) electrons. The Morgan fingerprint density at radius 3 is 2.78 bits per heavy atom. The summed E-state index contributed by atoms with van der Waals surface area (Å²) in [7, 11) is 1.65. The van der Waals surface area contributed by atoms with Crippen LogP contribution in [0.15, 0.2) is 67.0 Å². The Morgan fingerprint density at radius 2 is 2.00 bits per heavy atom. The van der Waals surface area contributed by atoms with Crippen LogP contribution in [0.3, 0.4) is 0 Å². The molecular weight excluding hydrogens is 340 g/mol. The normalized spacial score (nSPS) is 19.3. The minimum atomic E-state index is -0.102. The van der Waals surface area contributed by atoms with Crippen molar-refractivity contribution >= 4 is 5.91 Å². The third-order valence-corrected chi connectivity index (χ3v) is 5.04. The maximum atomic E-state index is 13.0. The number of methoxy groups -OCH3 is 1. The molecule has 27 heavy (non-hydrogen) atoms. The van der Waals surface area contributed by atoms with E-state index >= 15 is 0 Å². The van der Waals surface area contributed by atoms with E-state index in [1.54, 1.807) is 18.0 Å². The van der Waals surface area contributed by atoms with E-state index in [-0.39, 0.29) is 17.9 Å². The Hall–Kier alpha value is -3.12. The third-order valence-electron chi connectivity index (χ3n) is 5.04. The average Bonchev–Trinajstić information content (AvgIpc) is 3.37. The van der Waals surface area contributed by atoms with E-state index in [4.69, 9.17) is 10.5 Å². The number of hydrogen-bond donors (Lipinski definition) is 1. The highest BCUT2D eigenvalue weighted by Gasteiger charge is 2.34. The first kappa shape index (κ1) is 17.3. The summed E-state index contributed by atoms with van der Waals surface area (Å²) in [4.78, 5) is 14.9. The summed E-state index contributed by atoms with van der Waals surface area (Å²) in [6, 6.07) is 17.2. The number of nitrogens with two attached hydrogens (primary N) is 1. The number of nitrogens with zero attached hydrogens (tertiary/aromatic N) is 3. The van der Waals surface area contributed by atoms with Gasteiger partial charge >= 0.3 is 0 Å². The monoisotopic (exact) mass is 362 g/mol. The van der Waals surface area contributed by atoms with Gasteiger partial charge < -0.3 is 15.4 Å². The fraction of sp³-hybridized carbons (Fsp3) is 0.238. The number of hydrogen-bond acceptors (Lipinski definition) is 4. The first-order valence-electron chi connectivity index (χ1n) is 8.94. The van der Waals surface area contributed by atoms with Gasteiger partial charge in [0.05, 0.1) is 12.8 Å². The second kappa shape index (κ2) is 7.25. The van der Waals surface area contributed by atoms with E-state index in [9.17, 15) is 4.79 Å². The van der Waals surface area contributed by atoms with Gasteiger partial charge in [0.1, 0.15) is 5.75 Å². The van der Waals surface area contributed by atoms with Crippen molar-refractivity contribution in [1.29, 1.82) is 0 Å². The summed E-state index contributed by atoms with van der Waals surface area (Å²) in [6.07, 6.45) is 3.57. The number of carbonyl (C=O) groups excluding carboxylic acids is 1. The Bertz CT molecular complexity index is 939. The lowest BCUT2D eigenvalue weighted by molar-refractivity contribution is 0.0789. The highest BCUT2D eigenvalue weighted by Crippen LogP contribution is 2.29. The van der Waals surface area contributed by atoms with Gasteiger partial charge in [-0.15, -0.1) is 0 Å². The van der Waals surface area contributed by atoms with E-state index in [1.165, 1.54) is 0 Å². The van der Waals surface area contributed by atoms with Crippen LogP contribution in [0.1, 0.15) is 21.8 Å². The van der Waals surface area contributed by atoms with Crippen molar-refractivity contribution < 1.29 is 9.53 Å². The molecule has 0 bridgehead atoms. The molecule has 4 rings (SSSR count). The van der Waals surface area contributed by atoms with E-state index < -0.39 is 0 Å². The largest absolute Gasteiger partial charge is 0.497 e. The zero-order valence-corrected chi connectivity index (χ0v) is 15.2. The molecule has 2 atom stereocenters. The number of benzene rings is 2. The highest BCUT2D eigenvalue weighted by molar-refractivity contribution is 5.95. The van der Waals surface area contributed by atoms with Gasteiger partial charge in [-0.1, -0.05) is 18.2 Å². The SMILES string of the molecule is COc1cccc(C2CN(C(=O)c3cccc(-n4cccn4)c3)CC2N)c1. The molecule has 6 heteroatoms. The van der Waals surface area contributed by atoms with Gasteiger partial charge in [-0.2, -0.15) is 5.10 Å². The van der Waals surface area contributed by atoms with Crippen LogP contribution in [0.2, 0.25) is 0 Å². The van der Waals surface area contributed by atoms with Gasteiger partial charge in [-0.3, -0.25) is 4.79 Å². The summed E-state index contributed by atoms with van der Waals surface area (Å²) in [5, 5.41) is 4.22. The maximum absolute atomic E-state index is 13.0. The molecular formula is C21H22N4O2. The van der Waals surface area contributed by atoms with Crippen LogP contribution in [0, 0.1) is 0 Å². The highest BCUT2D eigenvalue weighted by atomic mass is 16.5.